The normalized spacial score (nSPS) is 10.2. The van der Waals surface area contributed by atoms with Crippen LogP contribution in [0.25, 0.3) is 0 Å². The molecule has 0 atom stereocenters. The Kier molecular flexibility index (Phi) is 3.82. The van der Waals surface area contributed by atoms with Crippen molar-refractivity contribution < 1.29 is 14.7 Å². The summed E-state index contributed by atoms with van der Waals surface area (Å²) in [5.74, 6) is -1.38. The van der Waals surface area contributed by atoms with Crippen molar-refractivity contribution in [1.82, 2.24) is 9.78 Å². The number of benzene rings is 1. The van der Waals surface area contributed by atoms with Gasteiger partial charge in [0.1, 0.15) is 6.54 Å². The van der Waals surface area contributed by atoms with Crippen molar-refractivity contribution in [3.63, 3.8) is 0 Å². The zero-order chi connectivity index (χ0) is 13.8. The minimum Gasteiger partial charge on any atom is -0.480 e. The third kappa shape index (κ3) is 3.32. The Morgan fingerprint density at radius 2 is 2.11 bits per heavy atom. The Balaban J connectivity index is 2.09. The van der Waals surface area contributed by atoms with Gasteiger partial charge in [-0.3, -0.25) is 14.3 Å². The Morgan fingerprint density at radius 1 is 1.37 bits per heavy atom. The number of carbonyl (C=O) groups excluding carboxylic acids is 1. The number of nitrogens with zero attached hydrogens (tertiary/aromatic N) is 2. The van der Waals surface area contributed by atoms with Crippen LogP contribution in [0.15, 0.2) is 36.7 Å². The first-order valence-corrected chi connectivity index (χ1v) is 5.74. The molecule has 0 aliphatic heterocycles. The first-order valence-electron chi connectivity index (χ1n) is 5.36. The van der Waals surface area contributed by atoms with Crippen LogP contribution in [0.1, 0.15) is 10.4 Å². The molecule has 0 saturated carbocycles. The van der Waals surface area contributed by atoms with Gasteiger partial charge >= 0.3 is 5.97 Å². The van der Waals surface area contributed by atoms with Gasteiger partial charge in [-0.1, -0.05) is 23.7 Å². The Hall–Kier alpha value is -2.34. The number of hydrogen-bond donors (Lipinski definition) is 2. The fourth-order valence-corrected chi connectivity index (χ4v) is 1.72. The Bertz CT molecular complexity index is 624. The maximum atomic E-state index is 11.9. The van der Waals surface area contributed by atoms with E-state index in [1.54, 1.807) is 24.3 Å². The summed E-state index contributed by atoms with van der Waals surface area (Å²) < 4.78 is 1.21. The quantitative estimate of drug-likeness (QED) is 0.895. The number of aromatic nitrogens is 2. The summed E-state index contributed by atoms with van der Waals surface area (Å²) in [5.41, 5.74) is 0.751. The minimum absolute atomic E-state index is 0.262. The highest BCUT2D eigenvalue weighted by Gasteiger charge is 2.11. The summed E-state index contributed by atoms with van der Waals surface area (Å²) in [5, 5.41) is 15.4. The predicted octanol–water partition coefficient (Wildman–Crippen LogP) is 1.87. The second kappa shape index (κ2) is 5.53. The lowest BCUT2D eigenvalue weighted by Crippen LogP contribution is -2.12. The molecule has 0 saturated heterocycles. The lowest BCUT2D eigenvalue weighted by molar-refractivity contribution is -0.137. The first kappa shape index (κ1) is 13.1. The van der Waals surface area contributed by atoms with Crippen LogP contribution in [0.4, 0.5) is 5.69 Å². The van der Waals surface area contributed by atoms with Crippen LogP contribution in [0.3, 0.4) is 0 Å². The molecular formula is C12H10ClN3O3. The van der Waals surface area contributed by atoms with Gasteiger partial charge in [0.2, 0.25) is 0 Å². The summed E-state index contributed by atoms with van der Waals surface area (Å²) in [6, 6.07) is 6.64. The third-order valence-corrected chi connectivity index (χ3v) is 2.64. The predicted molar refractivity (Wildman–Crippen MR) is 69.3 cm³/mol. The molecule has 2 rings (SSSR count). The second-order valence-electron chi connectivity index (χ2n) is 3.75. The molecule has 1 aromatic carbocycles. The number of rotatable bonds is 4. The fraction of sp³-hybridized carbons (Fsp3) is 0.0833. The van der Waals surface area contributed by atoms with Gasteiger partial charge in [0.05, 0.1) is 22.5 Å². The van der Waals surface area contributed by atoms with Crippen molar-refractivity contribution in [1.29, 1.82) is 0 Å². The van der Waals surface area contributed by atoms with E-state index in [4.69, 9.17) is 16.7 Å². The topological polar surface area (TPSA) is 84.2 Å². The molecule has 0 aliphatic carbocycles. The van der Waals surface area contributed by atoms with Crippen LogP contribution in [0, 0.1) is 0 Å². The van der Waals surface area contributed by atoms with E-state index in [9.17, 15) is 9.59 Å². The van der Waals surface area contributed by atoms with E-state index in [2.05, 4.69) is 10.4 Å². The molecule has 1 heterocycles. The van der Waals surface area contributed by atoms with Crippen molar-refractivity contribution in [2.24, 2.45) is 0 Å². The highest BCUT2D eigenvalue weighted by molar-refractivity contribution is 6.34. The van der Waals surface area contributed by atoms with Crippen LogP contribution < -0.4 is 5.32 Å². The number of carboxylic acid groups (broad SMARTS) is 1. The van der Waals surface area contributed by atoms with Gasteiger partial charge in [-0.05, 0) is 12.1 Å². The highest BCUT2D eigenvalue weighted by atomic mass is 35.5. The fourth-order valence-electron chi connectivity index (χ4n) is 1.50. The summed E-state index contributed by atoms with van der Waals surface area (Å²) in [6.45, 7) is -0.262. The number of halogens is 1. The maximum absolute atomic E-state index is 11.9. The molecular weight excluding hydrogens is 270 g/mol. The van der Waals surface area contributed by atoms with Crippen molar-refractivity contribution in [3.05, 3.63) is 47.2 Å². The summed E-state index contributed by atoms with van der Waals surface area (Å²) in [4.78, 5) is 22.4. The van der Waals surface area contributed by atoms with Crippen LogP contribution in [0.5, 0.6) is 0 Å². The van der Waals surface area contributed by atoms with Crippen molar-refractivity contribution >= 4 is 29.2 Å². The molecule has 0 unspecified atom stereocenters. The first-order chi connectivity index (χ1) is 9.06. The maximum Gasteiger partial charge on any atom is 0.325 e. The number of amides is 1. The van der Waals surface area contributed by atoms with Gasteiger partial charge < -0.3 is 10.4 Å². The monoisotopic (exact) mass is 279 g/mol. The average molecular weight is 280 g/mol. The minimum atomic E-state index is -1.01. The lowest BCUT2D eigenvalue weighted by Gasteiger charge is -2.03. The third-order valence-electron chi connectivity index (χ3n) is 2.31. The van der Waals surface area contributed by atoms with E-state index >= 15 is 0 Å². The Labute approximate surface area is 113 Å². The molecule has 0 spiro atoms. The molecule has 2 N–H and O–H groups in total. The van der Waals surface area contributed by atoms with Crippen LogP contribution in [0.2, 0.25) is 5.02 Å². The van der Waals surface area contributed by atoms with Gasteiger partial charge in [0.15, 0.2) is 0 Å². The van der Waals surface area contributed by atoms with Crippen LogP contribution in [-0.2, 0) is 11.3 Å². The molecule has 7 heteroatoms. The number of anilines is 1. The number of carboxylic acids is 1. The number of carbonyl (C=O) groups is 2. The summed E-state index contributed by atoms with van der Waals surface area (Å²) in [6.07, 6.45) is 2.81. The molecule has 98 valence electrons. The molecule has 0 aliphatic rings. The van der Waals surface area contributed by atoms with E-state index in [-0.39, 0.29) is 12.5 Å². The lowest BCUT2D eigenvalue weighted by atomic mass is 10.2. The molecule has 0 fully saturated rings. The van der Waals surface area contributed by atoms with Crippen LogP contribution in [-0.4, -0.2) is 26.8 Å². The summed E-state index contributed by atoms with van der Waals surface area (Å²) >= 11 is 5.90. The van der Waals surface area contributed by atoms with Gasteiger partial charge in [-0.15, -0.1) is 0 Å². The molecule has 0 radical (unpaired) electrons. The molecule has 2 aromatic rings. The van der Waals surface area contributed by atoms with Crippen molar-refractivity contribution in [2.75, 3.05) is 5.32 Å². The number of aliphatic carboxylic acids is 1. The van der Waals surface area contributed by atoms with Crippen LogP contribution >= 0.6 is 11.6 Å². The molecule has 1 aromatic heterocycles. The van der Waals surface area contributed by atoms with Gasteiger partial charge in [-0.2, -0.15) is 5.10 Å². The number of hydrogen-bond acceptors (Lipinski definition) is 3. The van der Waals surface area contributed by atoms with E-state index in [0.29, 0.717) is 16.3 Å². The van der Waals surface area contributed by atoms with Crippen molar-refractivity contribution in [2.45, 2.75) is 6.54 Å². The zero-order valence-corrected chi connectivity index (χ0v) is 10.5. The number of nitrogens with one attached hydrogen (secondary N) is 1. The molecule has 19 heavy (non-hydrogen) atoms. The van der Waals surface area contributed by atoms with Crippen molar-refractivity contribution in [3.8, 4) is 0 Å². The molecule has 0 bridgehead atoms. The smallest absolute Gasteiger partial charge is 0.325 e. The average Bonchev–Trinajstić information content (AvgIpc) is 2.76. The van der Waals surface area contributed by atoms with Gasteiger partial charge in [0, 0.05) is 6.20 Å². The van der Waals surface area contributed by atoms with E-state index in [0.717, 1.165) is 0 Å². The zero-order valence-electron chi connectivity index (χ0n) is 9.71. The van der Waals surface area contributed by atoms with E-state index in [1.165, 1.54) is 17.1 Å². The standard InChI is InChI=1S/C12H10ClN3O3/c13-10-4-2-1-3-9(10)12(19)15-8-5-14-16(6-8)7-11(17)18/h1-6H,7H2,(H,15,19)(H,17,18). The molecule has 1 amide bonds. The van der Waals surface area contributed by atoms with Gasteiger partial charge in [0.25, 0.3) is 5.91 Å². The highest BCUT2D eigenvalue weighted by Crippen LogP contribution is 2.16. The van der Waals surface area contributed by atoms with E-state index < -0.39 is 5.97 Å². The molecule has 6 nitrogen and oxygen atoms in total. The van der Waals surface area contributed by atoms with E-state index in [1.807, 2.05) is 0 Å². The Morgan fingerprint density at radius 3 is 2.79 bits per heavy atom. The van der Waals surface area contributed by atoms with Gasteiger partial charge in [-0.25, -0.2) is 0 Å². The summed E-state index contributed by atoms with van der Waals surface area (Å²) in [7, 11) is 0. The SMILES string of the molecule is O=C(O)Cn1cc(NC(=O)c2ccccc2Cl)cn1. The largest absolute Gasteiger partial charge is 0.480 e. The second-order valence-corrected chi connectivity index (χ2v) is 4.16.